The number of aromatic nitrogens is 4. The number of pyridine rings is 1. The van der Waals surface area contributed by atoms with Gasteiger partial charge in [0.05, 0.1) is 34.4 Å². The van der Waals surface area contributed by atoms with Crippen molar-refractivity contribution in [3.63, 3.8) is 0 Å². The van der Waals surface area contributed by atoms with Crippen molar-refractivity contribution in [2.75, 3.05) is 32.1 Å². The van der Waals surface area contributed by atoms with Crippen molar-refractivity contribution >= 4 is 33.4 Å². The molecule has 4 heterocycles. The van der Waals surface area contributed by atoms with Crippen molar-refractivity contribution < 1.29 is 4.79 Å². The van der Waals surface area contributed by atoms with E-state index in [0.29, 0.717) is 22.7 Å². The molecule has 5 aromatic rings. The van der Waals surface area contributed by atoms with Crippen LogP contribution in [0.15, 0.2) is 61.1 Å². The van der Waals surface area contributed by atoms with Gasteiger partial charge in [-0.1, -0.05) is 0 Å². The Hall–Kier alpha value is -4.48. The first kappa shape index (κ1) is 23.0. The Morgan fingerprint density at radius 2 is 1.89 bits per heavy atom. The highest BCUT2D eigenvalue weighted by molar-refractivity contribution is 6.09. The van der Waals surface area contributed by atoms with Crippen LogP contribution in [0.25, 0.3) is 33.1 Å². The zero-order valence-electron chi connectivity index (χ0n) is 20.8. The van der Waals surface area contributed by atoms with Crippen LogP contribution in [0.3, 0.4) is 0 Å². The van der Waals surface area contributed by atoms with Gasteiger partial charge in [0.25, 0.3) is 0 Å². The van der Waals surface area contributed by atoms with Gasteiger partial charge < -0.3 is 19.8 Å². The number of ketones is 1. The number of nitrogens with one attached hydrogen (secondary N) is 2. The van der Waals surface area contributed by atoms with Crippen LogP contribution >= 0.6 is 0 Å². The first-order valence-corrected chi connectivity index (χ1v) is 12.4. The number of benzene rings is 2. The maximum absolute atomic E-state index is 13.5. The van der Waals surface area contributed by atoms with E-state index >= 15 is 0 Å². The molecule has 0 unspecified atom stereocenters. The number of piperidine rings is 1. The fourth-order valence-electron chi connectivity index (χ4n) is 5.28. The molecule has 0 saturated carbocycles. The zero-order chi connectivity index (χ0) is 25.5. The lowest BCUT2D eigenvalue weighted by atomic mass is 9.95. The van der Waals surface area contributed by atoms with Crippen LogP contribution in [0.4, 0.5) is 5.69 Å². The molecule has 6 rings (SSSR count). The number of rotatable bonds is 5. The molecule has 8 nitrogen and oxygen atoms in total. The fraction of sp³-hybridized carbons (Fsp3) is 0.241. The molecule has 0 spiro atoms. The van der Waals surface area contributed by atoms with Crippen molar-refractivity contribution in [3.05, 3.63) is 78.0 Å². The average molecular weight is 490 g/mol. The Morgan fingerprint density at radius 3 is 2.68 bits per heavy atom. The Kier molecular flexibility index (Phi) is 5.70. The normalized spacial score (nSPS) is 14.5. The van der Waals surface area contributed by atoms with Gasteiger partial charge in [0.2, 0.25) is 5.78 Å². The minimum absolute atomic E-state index is 0.218. The lowest BCUT2D eigenvalue weighted by Gasteiger charge is -2.36. The summed E-state index contributed by atoms with van der Waals surface area (Å²) in [4.78, 5) is 33.5. The second-order valence-electron chi connectivity index (χ2n) is 9.80. The first-order chi connectivity index (χ1) is 18.0. The molecule has 1 aliphatic heterocycles. The molecule has 1 saturated heterocycles. The van der Waals surface area contributed by atoms with Crippen LogP contribution in [0.5, 0.6) is 0 Å². The Bertz CT molecular complexity index is 1660. The average Bonchev–Trinajstić information content (AvgIpc) is 3.59. The minimum Gasteiger partial charge on any atom is -0.371 e. The molecule has 0 aliphatic carbocycles. The van der Waals surface area contributed by atoms with E-state index in [2.05, 4.69) is 62.0 Å². The van der Waals surface area contributed by atoms with Crippen molar-refractivity contribution in [1.82, 2.24) is 24.8 Å². The van der Waals surface area contributed by atoms with E-state index < -0.39 is 0 Å². The third kappa shape index (κ3) is 4.13. The number of carbonyl (C=O) groups excluding carboxylic acids is 1. The molecule has 2 aromatic carbocycles. The van der Waals surface area contributed by atoms with Gasteiger partial charge in [0.1, 0.15) is 0 Å². The topological polar surface area (TPSA) is 105 Å². The van der Waals surface area contributed by atoms with E-state index in [1.807, 2.05) is 18.3 Å². The van der Waals surface area contributed by atoms with E-state index in [1.54, 1.807) is 30.6 Å². The predicted octanol–water partition coefficient (Wildman–Crippen LogP) is 4.74. The third-order valence-electron chi connectivity index (χ3n) is 7.41. The second kappa shape index (κ2) is 9.19. The van der Waals surface area contributed by atoms with Gasteiger partial charge in [-0.15, -0.1) is 0 Å². The number of H-pyrrole nitrogens is 2. The molecular formula is C29H27N7O. The summed E-state index contributed by atoms with van der Waals surface area (Å²) in [6.07, 6.45) is 7.57. The predicted molar refractivity (Wildman–Crippen MR) is 145 cm³/mol. The van der Waals surface area contributed by atoms with Gasteiger partial charge in [0, 0.05) is 59.3 Å². The molecule has 37 heavy (non-hydrogen) atoms. The molecule has 1 fully saturated rings. The highest BCUT2D eigenvalue weighted by atomic mass is 16.1. The number of anilines is 1. The van der Waals surface area contributed by atoms with Crippen molar-refractivity contribution in [2.45, 2.75) is 18.9 Å². The summed E-state index contributed by atoms with van der Waals surface area (Å²) in [5.74, 6) is 0.0663. The molecule has 0 atom stereocenters. The number of fused-ring (bicyclic) bond motifs is 2. The SMILES string of the molecule is CN(C)C1CCN(c2ccc3nc(C(=O)c4ccc(C#N)c(-c5cncc6[nH]ccc56)c4)[nH]c3c2)CC1. The highest BCUT2D eigenvalue weighted by Crippen LogP contribution is 2.31. The van der Waals surface area contributed by atoms with Crippen molar-refractivity contribution in [1.29, 1.82) is 5.26 Å². The quantitative estimate of drug-likeness (QED) is 0.346. The lowest BCUT2D eigenvalue weighted by molar-refractivity contribution is 0.103. The van der Waals surface area contributed by atoms with E-state index in [-0.39, 0.29) is 11.6 Å². The number of nitriles is 1. The summed E-state index contributed by atoms with van der Waals surface area (Å²) in [5.41, 5.74) is 6.03. The van der Waals surface area contributed by atoms with Gasteiger partial charge in [0.15, 0.2) is 5.82 Å². The number of hydrogen-bond donors (Lipinski definition) is 2. The van der Waals surface area contributed by atoms with Gasteiger partial charge in [-0.25, -0.2) is 4.98 Å². The summed E-state index contributed by atoms with van der Waals surface area (Å²) in [6, 6.07) is 16.1. The van der Waals surface area contributed by atoms with E-state index in [1.165, 1.54) is 0 Å². The second-order valence-corrected chi connectivity index (χ2v) is 9.80. The smallest absolute Gasteiger partial charge is 0.228 e. The van der Waals surface area contributed by atoms with Gasteiger partial charge in [-0.3, -0.25) is 9.78 Å². The number of imidazole rings is 1. The van der Waals surface area contributed by atoms with Crippen molar-refractivity contribution in [3.8, 4) is 17.2 Å². The fourth-order valence-corrected chi connectivity index (χ4v) is 5.28. The molecular weight excluding hydrogens is 462 g/mol. The summed E-state index contributed by atoms with van der Waals surface area (Å²) in [6.45, 7) is 2.01. The molecule has 0 radical (unpaired) electrons. The van der Waals surface area contributed by atoms with Crippen LogP contribution in [0.2, 0.25) is 0 Å². The van der Waals surface area contributed by atoms with Crippen LogP contribution in [0.1, 0.15) is 34.6 Å². The maximum atomic E-state index is 13.5. The van der Waals surface area contributed by atoms with E-state index in [0.717, 1.165) is 59.1 Å². The molecule has 2 N–H and O–H groups in total. The van der Waals surface area contributed by atoms with Gasteiger partial charge in [-0.05, 0) is 69.4 Å². The standard InChI is InChI=1S/C29H27N7O/c1-35(2)20-8-11-36(12-9-20)21-5-6-25-26(14-21)34-29(33-25)28(37)18-3-4-19(15-30)23(13-18)24-16-31-17-27-22(24)7-10-32-27/h3-7,10,13-14,16-17,20,32H,8-9,11-12H2,1-2H3,(H,33,34). The maximum Gasteiger partial charge on any atom is 0.228 e. The largest absolute Gasteiger partial charge is 0.371 e. The molecule has 1 aliphatic rings. The van der Waals surface area contributed by atoms with E-state index in [9.17, 15) is 10.1 Å². The zero-order valence-corrected chi connectivity index (χ0v) is 20.8. The highest BCUT2D eigenvalue weighted by Gasteiger charge is 2.22. The van der Waals surface area contributed by atoms with Gasteiger partial charge in [-0.2, -0.15) is 5.26 Å². The Labute approximate surface area is 214 Å². The number of carbonyl (C=O) groups is 1. The monoisotopic (exact) mass is 489 g/mol. The van der Waals surface area contributed by atoms with Crippen LogP contribution in [0, 0.1) is 11.3 Å². The number of hydrogen-bond acceptors (Lipinski definition) is 6. The number of aromatic amines is 2. The molecule has 184 valence electrons. The van der Waals surface area contributed by atoms with Crippen LogP contribution < -0.4 is 4.90 Å². The summed E-state index contributed by atoms with van der Waals surface area (Å²) < 4.78 is 0. The minimum atomic E-state index is -0.218. The summed E-state index contributed by atoms with van der Waals surface area (Å²) in [5, 5.41) is 10.7. The molecule has 0 bridgehead atoms. The van der Waals surface area contributed by atoms with Crippen molar-refractivity contribution in [2.24, 2.45) is 0 Å². The van der Waals surface area contributed by atoms with E-state index in [4.69, 9.17) is 0 Å². The third-order valence-corrected chi connectivity index (χ3v) is 7.41. The number of nitrogens with zero attached hydrogens (tertiary/aromatic N) is 5. The Morgan fingerprint density at radius 1 is 1.05 bits per heavy atom. The lowest BCUT2D eigenvalue weighted by Crippen LogP contribution is -2.41. The van der Waals surface area contributed by atoms with Crippen LogP contribution in [-0.4, -0.2) is 63.8 Å². The summed E-state index contributed by atoms with van der Waals surface area (Å²) in [7, 11) is 4.29. The molecule has 0 amide bonds. The first-order valence-electron chi connectivity index (χ1n) is 12.4. The van der Waals surface area contributed by atoms with Gasteiger partial charge >= 0.3 is 0 Å². The molecule has 8 heteroatoms. The Balaban J connectivity index is 1.31. The summed E-state index contributed by atoms with van der Waals surface area (Å²) >= 11 is 0. The van der Waals surface area contributed by atoms with Crippen LogP contribution in [-0.2, 0) is 0 Å². The molecule has 3 aromatic heterocycles.